The van der Waals surface area contributed by atoms with Gasteiger partial charge in [-0.05, 0) is 50.6 Å². The Bertz CT molecular complexity index is 1600. The maximum atomic E-state index is 13.5. The van der Waals surface area contributed by atoms with Crippen LogP contribution in [0.4, 0.5) is 5.13 Å². The number of aliphatic hydroxyl groups is 1. The molecule has 9 nitrogen and oxygen atoms in total. The molecule has 188 valence electrons. The van der Waals surface area contributed by atoms with Gasteiger partial charge in [0.1, 0.15) is 16.2 Å². The summed E-state index contributed by atoms with van der Waals surface area (Å²) in [6, 6.07) is 11.5. The quantitative estimate of drug-likeness (QED) is 0.153. The van der Waals surface area contributed by atoms with Crippen LogP contribution in [0, 0.1) is 13.8 Å². The number of ketones is 1. The summed E-state index contributed by atoms with van der Waals surface area (Å²) in [5.41, 5.74) is 2.28. The maximum Gasteiger partial charge on any atom is 0.350 e. The van der Waals surface area contributed by atoms with Gasteiger partial charge in [-0.1, -0.05) is 45.5 Å². The lowest BCUT2D eigenvalue weighted by molar-refractivity contribution is -0.132. The number of thiazole rings is 1. The second-order valence-electron chi connectivity index (χ2n) is 8.33. The van der Waals surface area contributed by atoms with Crippen LogP contribution in [-0.4, -0.2) is 43.7 Å². The minimum absolute atomic E-state index is 0.0911. The van der Waals surface area contributed by atoms with Crippen LogP contribution in [0.15, 0.2) is 58.7 Å². The number of halogens is 1. The molecule has 4 aromatic rings. The van der Waals surface area contributed by atoms with Gasteiger partial charge in [0.05, 0.1) is 29.6 Å². The second kappa shape index (κ2) is 9.56. The van der Waals surface area contributed by atoms with Gasteiger partial charge in [-0.15, -0.1) is 0 Å². The molecule has 0 spiro atoms. The van der Waals surface area contributed by atoms with E-state index in [1.807, 2.05) is 6.07 Å². The molecule has 0 saturated carbocycles. The van der Waals surface area contributed by atoms with Crippen LogP contribution in [0.2, 0.25) is 0 Å². The van der Waals surface area contributed by atoms with Gasteiger partial charge in [0.2, 0.25) is 0 Å². The van der Waals surface area contributed by atoms with Crippen LogP contribution in [0.3, 0.4) is 0 Å². The number of anilines is 1. The molecule has 0 bridgehead atoms. The molecule has 1 aromatic carbocycles. The number of esters is 1. The van der Waals surface area contributed by atoms with Gasteiger partial charge >= 0.3 is 11.9 Å². The molecule has 11 heteroatoms. The standard InChI is InChI=1S/C26H21BrN4O5S/c1-4-36-25(35)23-14(3)29-26(37-23)31-20(15-8-10-16(27)11-9-15)18(22(33)24(31)34)21(32)19-13(2)28-17-7-5-6-12-30(17)19/h5-12,20,32H,4H2,1-3H3. The van der Waals surface area contributed by atoms with E-state index >= 15 is 0 Å². The average Bonchev–Trinajstić information content (AvgIpc) is 3.50. The largest absolute Gasteiger partial charge is 0.505 e. The summed E-state index contributed by atoms with van der Waals surface area (Å²) in [7, 11) is 0. The van der Waals surface area contributed by atoms with Crippen molar-refractivity contribution >= 4 is 61.5 Å². The molecular formula is C26H21BrN4O5S. The third-order valence-electron chi connectivity index (χ3n) is 6.01. The number of rotatable bonds is 5. The van der Waals surface area contributed by atoms with Crippen LogP contribution in [-0.2, 0) is 14.3 Å². The molecule has 1 amide bonds. The Kier molecular flexibility index (Phi) is 6.42. The van der Waals surface area contributed by atoms with E-state index in [0.717, 1.165) is 15.8 Å². The molecule has 5 rings (SSSR count). The molecule has 0 radical (unpaired) electrons. The summed E-state index contributed by atoms with van der Waals surface area (Å²) in [6.07, 6.45) is 1.73. The molecule has 1 N–H and O–H groups in total. The number of pyridine rings is 1. The zero-order valence-corrected chi connectivity index (χ0v) is 22.5. The molecular weight excluding hydrogens is 560 g/mol. The smallest absolute Gasteiger partial charge is 0.350 e. The zero-order chi connectivity index (χ0) is 26.4. The molecule has 1 aliphatic heterocycles. The Labute approximate surface area is 224 Å². The van der Waals surface area contributed by atoms with E-state index in [9.17, 15) is 19.5 Å². The lowest BCUT2D eigenvalue weighted by Crippen LogP contribution is -2.29. The van der Waals surface area contributed by atoms with Gasteiger partial charge < -0.3 is 9.84 Å². The average molecular weight is 581 g/mol. The van der Waals surface area contributed by atoms with Crippen molar-refractivity contribution in [2.24, 2.45) is 0 Å². The summed E-state index contributed by atoms with van der Waals surface area (Å²) < 4.78 is 7.59. The summed E-state index contributed by atoms with van der Waals surface area (Å²) in [6.45, 7) is 5.25. The van der Waals surface area contributed by atoms with Gasteiger partial charge in [0.15, 0.2) is 10.9 Å². The number of amides is 1. The molecule has 1 atom stereocenters. The number of aromatic nitrogens is 3. The number of imidazole rings is 1. The topological polar surface area (TPSA) is 114 Å². The van der Waals surface area contributed by atoms with Gasteiger partial charge in [0, 0.05) is 10.7 Å². The van der Waals surface area contributed by atoms with Crippen molar-refractivity contribution in [1.82, 2.24) is 14.4 Å². The molecule has 0 aliphatic carbocycles. The van der Waals surface area contributed by atoms with E-state index in [1.54, 1.807) is 67.8 Å². The van der Waals surface area contributed by atoms with Crippen molar-refractivity contribution in [3.8, 4) is 0 Å². The molecule has 3 aromatic heterocycles. The number of Topliss-reactive ketones (excluding diaryl/α,β-unsaturated/α-hetero) is 1. The Hall–Kier alpha value is -3.83. The van der Waals surface area contributed by atoms with Crippen LogP contribution < -0.4 is 4.90 Å². The fourth-order valence-electron chi connectivity index (χ4n) is 4.39. The highest BCUT2D eigenvalue weighted by molar-refractivity contribution is 9.10. The van der Waals surface area contributed by atoms with Crippen LogP contribution >= 0.6 is 27.3 Å². The van der Waals surface area contributed by atoms with Crippen molar-refractivity contribution < 1.29 is 24.2 Å². The van der Waals surface area contributed by atoms with Crippen molar-refractivity contribution in [2.45, 2.75) is 26.8 Å². The van der Waals surface area contributed by atoms with Crippen molar-refractivity contribution in [3.05, 3.63) is 86.2 Å². The normalized spacial score (nSPS) is 17.1. The number of hydrogen-bond acceptors (Lipinski definition) is 8. The minimum atomic E-state index is -0.984. The number of benzene rings is 1. The third-order valence-corrected chi connectivity index (χ3v) is 7.68. The summed E-state index contributed by atoms with van der Waals surface area (Å²) in [5, 5.41) is 11.7. The number of carbonyl (C=O) groups is 3. The second-order valence-corrected chi connectivity index (χ2v) is 10.2. The Balaban J connectivity index is 1.74. The molecule has 1 saturated heterocycles. The number of hydrogen-bond donors (Lipinski definition) is 1. The number of aliphatic hydroxyl groups excluding tert-OH is 1. The summed E-state index contributed by atoms with van der Waals surface area (Å²) >= 11 is 4.38. The van der Waals surface area contributed by atoms with Gasteiger partial charge in [0.25, 0.3) is 5.78 Å². The number of carbonyl (C=O) groups excluding carboxylic acids is 3. The summed E-state index contributed by atoms with van der Waals surface area (Å²) in [5.74, 6) is -2.61. The maximum absolute atomic E-state index is 13.5. The fourth-order valence-corrected chi connectivity index (χ4v) is 5.64. The number of ether oxygens (including phenoxy) is 1. The molecule has 1 fully saturated rings. The van der Waals surface area contributed by atoms with Gasteiger partial charge in [-0.3, -0.25) is 18.9 Å². The first kappa shape index (κ1) is 24.8. The number of fused-ring (bicyclic) bond motifs is 1. The van der Waals surface area contributed by atoms with Crippen LogP contribution in [0.25, 0.3) is 11.4 Å². The highest BCUT2D eigenvalue weighted by atomic mass is 79.9. The molecule has 1 unspecified atom stereocenters. The molecule has 4 heterocycles. The lowest BCUT2D eigenvalue weighted by Gasteiger charge is -2.23. The Morgan fingerprint density at radius 3 is 2.54 bits per heavy atom. The van der Waals surface area contributed by atoms with Crippen molar-refractivity contribution in [2.75, 3.05) is 11.5 Å². The first-order chi connectivity index (χ1) is 17.7. The van der Waals surface area contributed by atoms with E-state index in [0.29, 0.717) is 28.3 Å². The molecule has 1 aliphatic rings. The monoisotopic (exact) mass is 580 g/mol. The van der Waals surface area contributed by atoms with E-state index < -0.39 is 23.7 Å². The third kappa shape index (κ3) is 4.13. The highest BCUT2D eigenvalue weighted by Crippen LogP contribution is 2.44. The van der Waals surface area contributed by atoms with E-state index in [-0.39, 0.29) is 27.9 Å². The minimum Gasteiger partial charge on any atom is -0.505 e. The summed E-state index contributed by atoms with van der Waals surface area (Å²) in [4.78, 5) is 49.8. The fraction of sp³-hybridized carbons (Fsp3) is 0.192. The Morgan fingerprint density at radius 2 is 1.84 bits per heavy atom. The van der Waals surface area contributed by atoms with E-state index in [4.69, 9.17) is 4.74 Å². The van der Waals surface area contributed by atoms with Gasteiger partial charge in [-0.25, -0.2) is 14.8 Å². The Morgan fingerprint density at radius 1 is 1.11 bits per heavy atom. The van der Waals surface area contributed by atoms with E-state index in [1.165, 1.54) is 4.90 Å². The predicted molar refractivity (Wildman–Crippen MR) is 142 cm³/mol. The van der Waals surface area contributed by atoms with Crippen molar-refractivity contribution in [3.63, 3.8) is 0 Å². The zero-order valence-electron chi connectivity index (χ0n) is 20.1. The molecule has 37 heavy (non-hydrogen) atoms. The first-order valence-corrected chi connectivity index (χ1v) is 13.0. The predicted octanol–water partition coefficient (Wildman–Crippen LogP) is 4.97. The highest BCUT2D eigenvalue weighted by Gasteiger charge is 2.49. The SMILES string of the molecule is CCOC(=O)c1sc(N2C(=O)C(=O)C(=C(O)c3c(C)nc4ccccn34)C2c2ccc(Br)cc2)nc1C. The van der Waals surface area contributed by atoms with E-state index in [2.05, 4.69) is 25.9 Å². The van der Waals surface area contributed by atoms with Crippen LogP contribution in [0.5, 0.6) is 0 Å². The van der Waals surface area contributed by atoms with Gasteiger partial charge in [-0.2, -0.15) is 0 Å². The van der Waals surface area contributed by atoms with Crippen LogP contribution in [0.1, 0.15) is 45.3 Å². The van der Waals surface area contributed by atoms with Crippen molar-refractivity contribution in [1.29, 1.82) is 0 Å². The lowest BCUT2D eigenvalue weighted by atomic mass is 9.96. The number of aryl methyl sites for hydroxylation is 2. The first-order valence-electron chi connectivity index (χ1n) is 11.4. The number of nitrogens with zero attached hydrogens (tertiary/aromatic N) is 4.